The molecule has 166 valence electrons. The van der Waals surface area contributed by atoms with Crippen molar-refractivity contribution in [3.05, 3.63) is 101 Å². The number of benzene rings is 2. The second kappa shape index (κ2) is 10.2. The standard InChI is InChI=1S/C25H19ClN2O4S/c1-3-18(12-11-17(2)25(29)30)13-14-19-7-4-5-9-22(19)28-33(31,32)23-10-6-8-20-21(26)15-16-27-24(20)23/h3-12,15-16,28H,1H2,2H3,(H,29,30)/b17-11+,18-12+. The maximum absolute atomic E-state index is 13.2. The van der Waals surface area contributed by atoms with Crippen molar-refractivity contribution < 1.29 is 18.3 Å². The van der Waals surface area contributed by atoms with Crippen molar-refractivity contribution in [2.45, 2.75) is 11.8 Å². The molecule has 0 saturated heterocycles. The minimum atomic E-state index is -4.00. The van der Waals surface area contributed by atoms with Crippen LogP contribution in [0.1, 0.15) is 12.5 Å². The molecule has 1 aromatic heterocycles. The van der Waals surface area contributed by atoms with Crippen LogP contribution in [0.3, 0.4) is 0 Å². The van der Waals surface area contributed by atoms with E-state index in [-0.39, 0.29) is 21.7 Å². The highest BCUT2D eigenvalue weighted by Gasteiger charge is 2.20. The summed E-state index contributed by atoms with van der Waals surface area (Å²) in [6.45, 7) is 5.14. The van der Waals surface area contributed by atoms with Crippen LogP contribution in [-0.2, 0) is 14.8 Å². The number of carboxylic acids is 1. The Bertz CT molecular complexity index is 1480. The Balaban J connectivity index is 1.99. The molecule has 0 spiro atoms. The summed E-state index contributed by atoms with van der Waals surface area (Å²) in [5, 5.41) is 9.89. The first-order valence-corrected chi connectivity index (χ1v) is 11.5. The number of allylic oxidation sites excluding steroid dienone is 4. The maximum Gasteiger partial charge on any atom is 0.331 e. The molecule has 0 fully saturated rings. The molecule has 2 aromatic carbocycles. The molecule has 8 heteroatoms. The van der Waals surface area contributed by atoms with Gasteiger partial charge in [-0.05, 0) is 37.3 Å². The number of nitrogens with zero attached hydrogens (tertiary/aromatic N) is 1. The van der Waals surface area contributed by atoms with Gasteiger partial charge in [0.05, 0.1) is 16.2 Å². The molecule has 3 aromatic rings. The van der Waals surface area contributed by atoms with Crippen molar-refractivity contribution in [2.75, 3.05) is 4.72 Å². The molecule has 0 atom stereocenters. The smallest absolute Gasteiger partial charge is 0.331 e. The van der Waals surface area contributed by atoms with E-state index in [0.29, 0.717) is 21.5 Å². The molecular weight excluding hydrogens is 460 g/mol. The first kappa shape index (κ1) is 23.8. The van der Waals surface area contributed by atoms with Crippen molar-refractivity contribution in [2.24, 2.45) is 0 Å². The Hall–Kier alpha value is -3.86. The highest BCUT2D eigenvalue weighted by molar-refractivity contribution is 7.93. The lowest BCUT2D eigenvalue weighted by Gasteiger charge is -2.12. The van der Waals surface area contributed by atoms with Gasteiger partial charge in [-0.2, -0.15) is 0 Å². The lowest BCUT2D eigenvalue weighted by atomic mass is 10.1. The van der Waals surface area contributed by atoms with Crippen molar-refractivity contribution >= 4 is 44.2 Å². The largest absolute Gasteiger partial charge is 0.478 e. The number of para-hydroxylation sites is 2. The number of sulfonamides is 1. The van der Waals surface area contributed by atoms with Crippen LogP contribution in [0.25, 0.3) is 10.9 Å². The normalized spacial score (nSPS) is 12.1. The summed E-state index contributed by atoms with van der Waals surface area (Å²) >= 11 is 6.19. The Kier molecular flexibility index (Phi) is 7.34. The zero-order chi connectivity index (χ0) is 24.0. The topological polar surface area (TPSA) is 96.4 Å². The second-order valence-electron chi connectivity index (χ2n) is 6.83. The van der Waals surface area contributed by atoms with Crippen LogP contribution in [-0.4, -0.2) is 24.5 Å². The van der Waals surface area contributed by atoms with E-state index in [1.165, 1.54) is 37.4 Å². The number of halogens is 1. The van der Waals surface area contributed by atoms with Crippen LogP contribution in [0.2, 0.25) is 5.02 Å². The Morgan fingerprint density at radius 1 is 1.15 bits per heavy atom. The van der Waals surface area contributed by atoms with Gasteiger partial charge >= 0.3 is 5.97 Å². The number of aliphatic carboxylic acids is 1. The van der Waals surface area contributed by atoms with Crippen LogP contribution in [0, 0.1) is 11.8 Å². The van der Waals surface area contributed by atoms with E-state index in [2.05, 4.69) is 28.1 Å². The minimum Gasteiger partial charge on any atom is -0.478 e. The minimum absolute atomic E-state index is 0.00813. The highest BCUT2D eigenvalue weighted by atomic mass is 35.5. The molecule has 0 amide bonds. The quantitative estimate of drug-likeness (QED) is 0.289. The lowest BCUT2D eigenvalue weighted by Crippen LogP contribution is -2.14. The number of anilines is 1. The van der Waals surface area contributed by atoms with Crippen molar-refractivity contribution in [3.63, 3.8) is 0 Å². The molecule has 33 heavy (non-hydrogen) atoms. The van der Waals surface area contributed by atoms with Crippen molar-refractivity contribution in [3.8, 4) is 11.8 Å². The van der Waals surface area contributed by atoms with Gasteiger partial charge in [0.25, 0.3) is 10.0 Å². The molecular formula is C25H19ClN2O4S. The fourth-order valence-corrected chi connectivity index (χ4v) is 4.26. The summed E-state index contributed by atoms with van der Waals surface area (Å²) in [7, 11) is -4.00. The summed E-state index contributed by atoms with van der Waals surface area (Å²) in [6, 6.07) is 13.0. The van der Waals surface area contributed by atoms with E-state index >= 15 is 0 Å². The Morgan fingerprint density at radius 3 is 2.64 bits per heavy atom. The Morgan fingerprint density at radius 2 is 1.91 bits per heavy atom. The molecule has 0 unspecified atom stereocenters. The van der Waals surface area contributed by atoms with Crippen LogP contribution in [0.4, 0.5) is 5.69 Å². The number of nitrogens with one attached hydrogen (secondary N) is 1. The van der Waals surface area contributed by atoms with Gasteiger partial charge in [0, 0.05) is 28.3 Å². The van der Waals surface area contributed by atoms with E-state index in [1.807, 2.05) is 0 Å². The van der Waals surface area contributed by atoms with Gasteiger partial charge in [-0.3, -0.25) is 9.71 Å². The van der Waals surface area contributed by atoms with Gasteiger partial charge in [-0.25, -0.2) is 13.2 Å². The summed E-state index contributed by atoms with van der Waals surface area (Å²) in [5.74, 6) is 4.75. The van der Waals surface area contributed by atoms with E-state index < -0.39 is 16.0 Å². The predicted octanol–water partition coefficient (Wildman–Crippen LogP) is 5.18. The number of carbonyl (C=O) groups is 1. The Labute approximate surface area is 197 Å². The monoisotopic (exact) mass is 478 g/mol. The summed E-state index contributed by atoms with van der Waals surface area (Å²) in [4.78, 5) is 15.1. The third-order valence-corrected chi connectivity index (χ3v) is 6.28. The van der Waals surface area contributed by atoms with Crippen molar-refractivity contribution in [1.82, 2.24) is 4.98 Å². The SMILES string of the molecule is C=C/C(C#Cc1ccccc1NS(=O)(=O)c1cccc2c(Cl)ccnc12)=C\C=C(/C)C(=O)O. The lowest BCUT2D eigenvalue weighted by molar-refractivity contribution is -0.132. The molecule has 0 radical (unpaired) electrons. The van der Waals surface area contributed by atoms with Crippen LogP contribution < -0.4 is 4.72 Å². The molecule has 3 rings (SSSR count). The highest BCUT2D eigenvalue weighted by Crippen LogP contribution is 2.28. The molecule has 2 N–H and O–H groups in total. The average molecular weight is 479 g/mol. The molecule has 0 aliphatic heterocycles. The third kappa shape index (κ3) is 5.69. The van der Waals surface area contributed by atoms with Crippen molar-refractivity contribution in [1.29, 1.82) is 0 Å². The van der Waals surface area contributed by atoms with Gasteiger partial charge < -0.3 is 5.11 Å². The summed E-state index contributed by atoms with van der Waals surface area (Å²) in [5.41, 5.74) is 1.59. The molecule has 0 aliphatic carbocycles. The van der Waals surface area contributed by atoms with E-state index in [4.69, 9.17) is 16.7 Å². The van der Waals surface area contributed by atoms with Gasteiger partial charge in [0.1, 0.15) is 4.90 Å². The number of fused-ring (bicyclic) bond motifs is 1. The zero-order valence-corrected chi connectivity index (χ0v) is 19.1. The van der Waals surface area contributed by atoms with E-state index in [0.717, 1.165) is 0 Å². The molecule has 1 heterocycles. The van der Waals surface area contributed by atoms with Gasteiger partial charge in [-0.1, -0.05) is 66.4 Å². The first-order chi connectivity index (χ1) is 15.7. The van der Waals surface area contributed by atoms with E-state index in [1.54, 1.807) is 42.5 Å². The second-order valence-corrected chi connectivity index (χ2v) is 8.89. The number of hydrogen-bond acceptors (Lipinski definition) is 4. The van der Waals surface area contributed by atoms with Crippen LogP contribution in [0.5, 0.6) is 0 Å². The number of pyridine rings is 1. The molecule has 0 aliphatic rings. The number of carboxylic acid groups (broad SMARTS) is 1. The number of aromatic nitrogens is 1. The fraction of sp³-hybridized carbons (Fsp3) is 0.0400. The first-order valence-electron chi connectivity index (χ1n) is 9.64. The maximum atomic E-state index is 13.2. The number of rotatable bonds is 6. The molecule has 6 nitrogen and oxygen atoms in total. The fourth-order valence-electron chi connectivity index (χ4n) is 2.80. The molecule has 0 saturated carbocycles. The van der Waals surface area contributed by atoms with E-state index in [9.17, 15) is 13.2 Å². The van der Waals surface area contributed by atoms with Crippen LogP contribution >= 0.6 is 11.6 Å². The van der Waals surface area contributed by atoms with Gasteiger partial charge in [0.15, 0.2) is 0 Å². The third-order valence-electron chi connectivity index (χ3n) is 4.55. The van der Waals surface area contributed by atoms with Gasteiger partial charge in [-0.15, -0.1) is 0 Å². The van der Waals surface area contributed by atoms with Crippen LogP contribution in [0.15, 0.2) is 95.6 Å². The molecule has 0 bridgehead atoms. The average Bonchev–Trinajstić information content (AvgIpc) is 2.79. The summed E-state index contributed by atoms with van der Waals surface area (Å²) < 4.78 is 28.9. The predicted molar refractivity (Wildman–Crippen MR) is 131 cm³/mol. The number of hydrogen-bond donors (Lipinski definition) is 2. The zero-order valence-electron chi connectivity index (χ0n) is 17.5. The van der Waals surface area contributed by atoms with Gasteiger partial charge in [0.2, 0.25) is 0 Å². The summed E-state index contributed by atoms with van der Waals surface area (Å²) in [6.07, 6.45) is 5.88.